The fourth-order valence-corrected chi connectivity index (χ4v) is 1.85. The minimum Gasteiger partial charge on any atom is -0.497 e. The van der Waals surface area contributed by atoms with Gasteiger partial charge in [0.1, 0.15) is 17.6 Å². The summed E-state index contributed by atoms with van der Waals surface area (Å²) in [4.78, 5) is 13.3. The molecular formula is C13H20N2O4. The molecule has 0 saturated carbocycles. The lowest BCUT2D eigenvalue weighted by molar-refractivity contribution is -0.125. The number of aryl methyl sites for hydroxylation is 1. The van der Waals surface area contributed by atoms with Crippen molar-refractivity contribution < 1.29 is 19.4 Å². The van der Waals surface area contributed by atoms with Gasteiger partial charge in [-0.3, -0.25) is 4.79 Å². The van der Waals surface area contributed by atoms with Crippen LogP contribution in [0.3, 0.4) is 0 Å². The maximum absolute atomic E-state index is 12.0. The van der Waals surface area contributed by atoms with Crippen LogP contribution in [0.4, 0.5) is 5.69 Å². The Morgan fingerprint density at radius 1 is 1.42 bits per heavy atom. The van der Waals surface area contributed by atoms with Crippen LogP contribution in [-0.4, -0.2) is 44.9 Å². The predicted octanol–water partition coefficient (Wildman–Crippen LogP) is 0.295. The van der Waals surface area contributed by atoms with Crippen LogP contribution in [0.25, 0.3) is 0 Å². The number of aliphatic hydroxyl groups excluding tert-OH is 1. The van der Waals surface area contributed by atoms with Gasteiger partial charge in [0, 0.05) is 19.7 Å². The monoisotopic (exact) mass is 268 g/mol. The van der Waals surface area contributed by atoms with Crippen LogP contribution in [-0.2, 0) is 4.79 Å². The minimum absolute atomic E-state index is 0.124. The highest BCUT2D eigenvalue weighted by Crippen LogP contribution is 2.35. The first kappa shape index (κ1) is 15.3. The number of likely N-dealkylation sites (N-methyl/N-ethyl adjacent to an activating group) is 1. The molecule has 19 heavy (non-hydrogen) atoms. The highest BCUT2D eigenvalue weighted by molar-refractivity contribution is 5.98. The lowest BCUT2D eigenvalue weighted by Crippen LogP contribution is -2.41. The van der Waals surface area contributed by atoms with Crippen molar-refractivity contribution in [2.75, 3.05) is 32.7 Å². The third kappa shape index (κ3) is 3.15. The van der Waals surface area contributed by atoms with Crippen molar-refractivity contribution >= 4 is 11.6 Å². The van der Waals surface area contributed by atoms with E-state index in [1.165, 1.54) is 12.0 Å². The van der Waals surface area contributed by atoms with E-state index in [1.807, 2.05) is 6.92 Å². The zero-order valence-electron chi connectivity index (χ0n) is 11.6. The van der Waals surface area contributed by atoms with Crippen molar-refractivity contribution in [1.82, 2.24) is 0 Å². The summed E-state index contributed by atoms with van der Waals surface area (Å²) in [5.74, 6) is 0.657. The molecule has 0 bridgehead atoms. The van der Waals surface area contributed by atoms with Gasteiger partial charge in [-0.25, -0.2) is 0 Å². The molecule has 3 N–H and O–H groups in total. The van der Waals surface area contributed by atoms with E-state index >= 15 is 0 Å². The van der Waals surface area contributed by atoms with Crippen molar-refractivity contribution in [2.24, 2.45) is 5.73 Å². The number of hydrogen-bond acceptors (Lipinski definition) is 5. The normalized spacial score (nSPS) is 11.9. The van der Waals surface area contributed by atoms with Gasteiger partial charge in [-0.05, 0) is 18.6 Å². The van der Waals surface area contributed by atoms with E-state index in [2.05, 4.69) is 0 Å². The van der Waals surface area contributed by atoms with Gasteiger partial charge in [-0.1, -0.05) is 0 Å². The Kier molecular flexibility index (Phi) is 5.14. The zero-order valence-corrected chi connectivity index (χ0v) is 11.6. The quantitative estimate of drug-likeness (QED) is 0.802. The molecule has 0 saturated heterocycles. The van der Waals surface area contributed by atoms with E-state index in [1.54, 1.807) is 26.3 Å². The van der Waals surface area contributed by atoms with Crippen molar-refractivity contribution in [1.29, 1.82) is 0 Å². The number of carbonyl (C=O) groups is 1. The third-order valence-corrected chi connectivity index (χ3v) is 2.87. The van der Waals surface area contributed by atoms with Gasteiger partial charge in [-0.2, -0.15) is 0 Å². The van der Waals surface area contributed by atoms with Crippen molar-refractivity contribution in [2.45, 2.75) is 13.0 Å². The van der Waals surface area contributed by atoms with Crippen LogP contribution in [0.1, 0.15) is 5.56 Å². The van der Waals surface area contributed by atoms with E-state index in [0.29, 0.717) is 17.2 Å². The number of methoxy groups -OCH3 is 2. The molecule has 6 heteroatoms. The molecule has 1 rings (SSSR count). The Morgan fingerprint density at radius 3 is 2.53 bits per heavy atom. The average molecular weight is 268 g/mol. The van der Waals surface area contributed by atoms with Crippen LogP contribution in [0.15, 0.2) is 12.1 Å². The molecule has 1 aromatic rings. The second-order valence-corrected chi connectivity index (χ2v) is 4.14. The van der Waals surface area contributed by atoms with Crippen LogP contribution in [0.2, 0.25) is 0 Å². The number of carbonyl (C=O) groups excluding carboxylic acids is 1. The maximum Gasteiger partial charge on any atom is 0.256 e. The van der Waals surface area contributed by atoms with Crippen LogP contribution >= 0.6 is 0 Å². The number of benzene rings is 1. The molecule has 0 aliphatic rings. The summed E-state index contributed by atoms with van der Waals surface area (Å²) < 4.78 is 10.4. The fourth-order valence-electron chi connectivity index (χ4n) is 1.85. The molecule has 0 radical (unpaired) electrons. The topological polar surface area (TPSA) is 85.0 Å². The molecule has 0 aromatic heterocycles. The number of nitrogens with zero attached hydrogens (tertiary/aromatic N) is 1. The molecular weight excluding hydrogens is 248 g/mol. The van der Waals surface area contributed by atoms with Crippen molar-refractivity contribution in [3.8, 4) is 11.5 Å². The number of amides is 1. The summed E-state index contributed by atoms with van der Waals surface area (Å²) in [6.45, 7) is 1.71. The van der Waals surface area contributed by atoms with Gasteiger partial charge in [0.25, 0.3) is 5.91 Å². The van der Waals surface area contributed by atoms with Gasteiger partial charge in [0.15, 0.2) is 0 Å². The smallest absolute Gasteiger partial charge is 0.256 e. The Hall–Kier alpha value is -1.79. The maximum atomic E-state index is 12.0. The number of aliphatic hydroxyl groups is 1. The molecule has 0 aliphatic heterocycles. The first-order valence-corrected chi connectivity index (χ1v) is 5.84. The highest BCUT2D eigenvalue weighted by atomic mass is 16.5. The predicted molar refractivity (Wildman–Crippen MR) is 72.8 cm³/mol. The summed E-state index contributed by atoms with van der Waals surface area (Å²) in [5.41, 5.74) is 6.68. The first-order chi connectivity index (χ1) is 8.96. The molecule has 1 unspecified atom stereocenters. The number of anilines is 1. The van der Waals surface area contributed by atoms with Crippen molar-refractivity contribution in [3.05, 3.63) is 17.7 Å². The molecule has 0 fully saturated rings. The molecule has 106 valence electrons. The fraction of sp³-hybridized carbons (Fsp3) is 0.462. The number of rotatable bonds is 5. The van der Waals surface area contributed by atoms with Crippen LogP contribution in [0, 0.1) is 6.92 Å². The average Bonchev–Trinajstić information content (AvgIpc) is 2.43. The van der Waals surface area contributed by atoms with E-state index in [9.17, 15) is 9.90 Å². The summed E-state index contributed by atoms with van der Waals surface area (Å²) in [6.07, 6.45) is -1.23. The second-order valence-electron chi connectivity index (χ2n) is 4.14. The molecule has 0 heterocycles. The van der Waals surface area contributed by atoms with E-state index in [-0.39, 0.29) is 6.54 Å². The second kappa shape index (κ2) is 6.40. The minimum atomic E-state index is -1.23. The first-order valence-electron chi connectivity index (χ1n) is 5.84. The van der Waals surface area contributed by atoms with E-state index < -0.39 is 12.0 Å². The van der Waals surface area contributed by atoms with Gasteiger partial charge in [-0.15, -0.1) is 0 Å². The molecule has 1 atom stereocenters. The molecule has 1 amide bonds. The van der Waals surface area contributed by atoms with Crippen LogP contribution < -0.4 is 20.1 Å². The summed E-state index contributed by atoms with van der Waals surface area (Å²) >= 11 is 0. The van der Waals surface area contributed by atoms with Gasteiger partial charge < -0.3 is 25.2 Å². The Labute approximate surface area is 112 Å². The zero-order chi connectivity index (χ0) is 14.6. The highest BCUT2D eigenvalue weighted by Gasteiger charge is 2.23. The molecule has 0 spiro atoms. The Balaban J connectivity index is 3.22. The van der Waals surface area contributed by atoms with E-state index in [0.717, 1.165) is 5.56 Å². The molecule has 6 nitrogen and oxygen atoms in total. The van der Waals surface area contributed by atoms with E-state index in [4.69, 9.17) is 15.2 Å². The number of ether oxygens (including phenoxy) is 2. The third-order valence-electron chi connectivity index (χ3n) is 2.87. The van der Waals surface area contributed by atoms with Gasteiger partial charge in [0.05, 0.1) is 19.9 Å². The largest absolute Gasteiger partial charge is 0.497 e. The van der Waals surface area contributed by atoms with Gasteiger partial charge >= 0.3 is 0 Å². The molecule has 1 aromatic carbocycles. The summed E-state index contributed by atoms with van der Waals surface area (Å²) in [5, 5.41) is 9.53. The van der Waals surface area contributed by atoms with Crippen LogP contribution in [0.5, 0.6) is 11.5 Å². The summed E-state index contributed by atoms with van der Waals surface area (Å²) in [6, 6.07) is 3.47. The van der Waals surface area contributed by atoms with Crippen molar-refractivity contribution in [3.63, 3.8) is 0 Å². The lowest BCUT2D eigenvalue weighted by atomic mass is 10.1. The molecule has 0 aliphatic carbocycles. The van der Waals surface area contributed by atoms with Gasteiger partial charge in [0.2, 0.25) is 0 Å². The SMILES string of the molecule is COc1cc(C)c(N(C)C(=O)C(O)CN)c(OC)c1. The Morgan fingerprint density at radius 2 is 2.05 bits per heavy atom. The number of nitrogens with two attached hydrogens (primary N) is 1. The standard InChI is InChI=1S/C13H20N2O4/c1-8-5-9(18-3)6-11(19-4)12(8)15(2)13(17)10(16)7-14/h5-6,10,16H,7,14H2,1-4H3. The lowest BCUT2D eigenvalue weighted by Gasteiger charge is -2.24. The number of hydrogen-bond donors (Lipinski definition) is 2. The Bertz CT molecular complexity index is 462. The summed E-state index contributed by atoms with van der Waals surface area (Å²) in [7, 11) is 4.63.